The van der Waals surface area contributed by atoms with E-state index in [4.69, 9.17) is 11.3 Å². The van der Waals surface area contributed by atoms with Crippen LogP contribution < -0.4 is 4.74 Å². The lowest BCUT2D eigenvalue weighted by atomic mass is 10.0. The third-order valence-electron chi connectivity index (χ3n) is 3.56. The van der Waals surface area contributed by atoms with Gasteiger partial charge in [-0.05, 0) is 18.6 Å². The molecule has 0 aliphatic heterocycles. The van der Waals surface area contributed by atoms with Gasteiger partial charge in [0.15, 0.2) is 0 Å². The van der Waals surface area contributed by atoms with Crippen LogP contribution in [0.4, 0.5) is 0 Å². The Labute approximate surface area is 125 Å². The topological polar surface area (TPSA) is 44.3 Å². The van der Waals surface area contributed by atoms with Crippen molar-refractivity contribution in [1.82, 2.24) is 15.0 Å². The lowest BCUT2D eigenvalue weighted by molar-refractivity contribution is 0.301. The van der Waals surface area contributed by atoms with Crippen molar-refractivity contribution in [2.75, 3.05) is 0 Å². The minimum Gasteiger partial charge on any atom is -0.487 e. The molecule has 5 heteroatoms. The molecule has 2 aromatic rings. The van der Waals surface area contributed by atoms with Crippen LogP contribution in [0.2, 0.25) is 0 Å². The van der Waals surface area contributed by atoms with Gasteiger partial charge in [0.05, 0.1) is 6.20 Å². The SMILES string of the molecule is [C-]#[N+][C@H](Cn1cc(COc2ccccc2)nn1)[C@@H](C)CC. The highest BCUT2D eigenvalue weighted by Gasteiger charge is 2.21. The van der Waals surface area contributed by atoms with Crippen molar-refractivity contribution in [3.63, 3.8) is 0 Å². The van der Waals surface area contributed by atoms with Gasteiger partial charge in [-0.15, -0.1) is 5.10 Å². The van der Waals surface area contributed by atoms with E-state index in [0.29, 0.717) is 19.1 Å². The van der Waals surface area contributed by atoms with E-state index < -0.39 is 0 Å². The number of aromatic nitrogens is 3. The van der Waals surface area contributed by atoms with Gasteiger partial charge >= 0.3 is 0 Å². The van der Waals surface area contributed by atoms with E-state index in [-0.39, 0.29) is 6.04 Å². The van der Waals surface area contributed by atoms with Crippen molar-refractivity contribution in [3.8, 4) is 5.75 Å². The molecule has 1 heterocycles. The van der Waals surface area contributed by atoms with Crippen LogP contribution in [0.25, 0.3) is 4.85 Å². The molecule has 0 fully saturated rings. The van der Waals surface area contributed by atoms with Gasteiger partial charge in [-0.1, -0.05) is 37.3 Å². The molecule has 0 radical (unpaired) electrons. The van der Waals surface area contributed by atoms with Crippen molar-refractivity contribution >= 4 is 0 Å². The molecule has 0 unspecified atom stereocenters. The van der Waals surface area contributed by atoms with Crippen molar-refractivity contribution < 1.29 is 4.74 Å². The molecule has 110 valence electrons. The lowest BCUT2D eigenvalue weighted by Gasteiger charge is -2.11. The first-order valence-electron chi connectivity index (χ1n) is 7.16. The zero-order chi connectivity index (χ0) is 15.1. The molecule has 0 N–H and O–H groups in total. The minimum absolute atomic E-state index is 0.0559. The standard InChI is InChI=1S/C16H20N4O/c1-4-13(2)16(17-3)11-20-10-14(18-19-20)12-21-15-8-6-5-7-9-15/h5-10,13,16H,4,11-12H2,1-2H3/t13-,16+/m0/s1. The van der Waals surface area contributed by atoms with Crippen LogP contribution in [0.3, 0.4) is 0 Å². The summed E-state index contributed by atoms with van der Waals surface area (Å²) in [6.07, 6.45) is 2.84. The van der Waals surface area contributed by atoms with Crippen LogP contribution in [0.1, 0.15) is 26.0 Å². The van der Waals surface area contributed by atoms with Crippen molar-refractivity contribution in [3.05, 3.63) is 53.6 Å². The van der Waals surface area contributed by atoms with E-state index in [1.165, 1.54) is 0 Å². The Morgan fingerprint density at radius 3 is 2.76 bits per heavy atom. The van der Waals surface area contributed by atoms with Gasteiger partial charge in [0.2, 0.25) is 6.04 Å². The van der Waals surface area contributed by atoms with Gasteiger partial charge in [-0.2, -0.15) is 0 Å². The molecule has 5 nitrogen and oxygen atoms in total. The van der Waals surface area contributed by atoms with E-state index in [1.54, 1.807) is 4.68 Å². The predicted octanol–water partition coefficient (Wildman–Crippen LogP) is 3.19. The average molecular weight is 284 g/mol. The lowest BCUT2D eigenvalue weighted by Crippen LogP contribution is -2.20. The smallest absolute Gasteiger partial charge is 0.245 e. The van der Waals surface area contributed by atoms with Crippen LogP contribution >= 0.6 is 0 Å². The van der Waals surface area contributed by atoms with E-state index in [0.717, 1.165) is 17.9 Å². The summed E-state index contributed by atoms with van der Waals surface area (Å²) in [5.74, 6) is 1.17. The molecule has 2 rings (SSSR count). The zero-order valence-corrected chi connectivity index (χ0v) is 12.4. The third kappa shape index (κ3) is 4.32. The number of rotatable bonds is 7. The van der Waals surface area contributed by atoms with Gasteiger partial charge in [-0.3, -0.25) is 0 Å². The normalized spacial score (nSPS) is 13.4. The van der Waals surface area contributed by atoms with Crippen molar-refractivity contribution in [1.29, 1.82) is 0 Å². The van der Waals surface area contributed by atoms with Crippen molar-refractivity contribution in [2.24, 2.45) is 5.92 Å². The summed E-state index contributed by atoms with van der Waals surface area (Å²) in [4.78, 5) is 3.69. The fourth-order valence-electron chi connectivity index (χ4n) is 1.98. The highest BCUT2D eigenvalue weighted by Crippen LogP contribution is 2.14. The largest absolute Gasteiger partial charge is 0.487 e. The Morgan fingerprint density at radius 2 is 2.10 bits per heavy atom. The third-order valence-corrected chi connectivity index (χ3v) is 3.56. The summed E-state index contributed by atoms with van der Waals surface area (Å²) < 4.78 is 7.36. The van der Waals surface area contributed by atoms with E-state index in [9.17, 15) is 0 Å². The first-order chi connectivity index (χ1) is 10.2. The molecular weight excluding hydrogens is 264 g/mol. The van der Waals surface area contributed by atoms with Crippen LogP contribution in [-0.2, 0) is 13.2 Å². The maximum absolute atomic E-state index is 7.28. The molecule has 0 amide bonds. The second-order valence-electron chi connectivity index (χ2n) is 5.12. The molecule has 2 atom stereocenters. The molecule has 1 aromatic heterocycles. The zero-order valence-electron chi connectivity index (χ0n) is 12.4. The molecule has 0 saturated heterocycles. The number of ether oxygens (including phenoxy) is 1. The molecule has 1 aromatic carbocycles. The fourth-order valence-corrected chi connectivity index (χ4v) is 1.98. The molecule has 21 heavy (non-hydrogen) atoms. The number of hydrogen-bond donors (Lipinski definition) is 0. The number of nitrogens with zero attached hydrogens (tertiary/aromatic N) is 4. The first-order valence-corrected chi connectivity index (χ1v) is 7.16. The molecule has 0 saturated carbocycles. The quantitative estimate of drug-likeness (QED) is 0.733. The summed E-state index contributed by atoms with van der Waals surface area (Å²) >= 11 is 0. The minimum atomic E-state index is -0.0559. The maximum Gasteiger partial charge on any atom is 0.245 e. The highest BCUT2D eigenvalue weighted by molar-refractivity contribution is 5.21. The van der Waals surface area contributed by atoms with E-state index >= 15 is 0 Å². The Hall–Kier alpha value is -2.35. The molecule has 0 bridgehead atoms. The Morgan fingerprint density at radius 1 is 1.33 bits per heavy atom. The Bertz CT molecular complexity index is 588. The van der Waals surface area contributed by atoms with Gasteiger partial charge in [0.1, 0.15) is 24.6 Å². The molecular formula is C16H20N4O. The fraction of sp³-hybridized carbons (Fsp3) is 0.438. The Balaban J connectivity index is 1.91. The molecule has 0 aliphatic carbocycles. The van der Waals surface area contributed by atoms with Gasteiger partial charge in [0, 0.05) is 5.92 Å². The molecule has 0 spiro atoms. The van der Waals surface area contributed by atoms with Crippen LogP contribution in [0.15, 0.2) is 36.5 Å². The van der Waals surface area contributed by atoms with Crippen LogP contribution in [0.5, 0.6) is 5.75 Å². The summed E-state index contributed by atoms with van der Waals surface area (Å²) in [7, 11) is 0. The average Bonchev–Trinajstić information content (AvgIpc) is 2.98. The predicted molar refractivity (Wildman–Crippen MR) is 80.6 cm³/mol. The summed E-state index contributed by atoms with van der Waals surface area (Å²) in [6, 6.07) is 9.56. The van der Waals surface area contributed by atoms with Crippen LogP contribution in [-0.4, -0.2) is 21.0 Å². The molecule has 0 aliphatic rings. The maximum atomic E-state index is 7.28. The highest BCUT2D eigenvalue weighted by atomic mass is 16.5. The first kappa shape index (κ1) is 15.0. The van der Waals surface area contributed by atoms with Gasteiger partial charge in [0.25, 0.3) is 0 Å². The second-order valence-corrected chi connectivity index (χ2v) is 5.12. The van der Waals surface area contributed by atoms with Gasteiger partial charge < -0.3 is 9.58 Å². The number of hydrogen-bond acceptors (Lipinski definition) is 3. The monoisotopic (exact) mass is 284 g/mol. The summed E-state index contributed by atoms with van der Waals surface area (Å²) in [6.45, 7) is 12.4. The van der Waals surface area contributed by atoms with E-state index in [2.05, 4.69) is 29.0 Å². The Kier molecular flexibility index (Phi) is 5.33. The van der Waals surface area contributed by atoms with Crippen LogP contribution in [0, 0.1) is 12.5 Å². The number of para-hydroxylation sites is 1. The van der Waals surface area contributed by atoms with Crippen molar-refractivity contribution in [2.45, 2.75) is 39.5 Å². The van der Waals surface area contributed by atoms with Gasteiger partial charge in [-0.25, -0.2) is 11.3 Å². The summed E-state index contributed by atoms with van der Waals surface area (Å²) in [5.41, 5.74) is 0.770. The summed E-state index contributed by atoms with van der Waals surface area (Å²) in [5, 5.41) is 8.17. The second kappa shape index (κ2) is 7.44. The number of benzene rings is 1. The van der Waals surface area contributed by atoms with E-state index in [1.807, 2.05) is 36.5 Å².